The summed E-state index contributed by atoms with van der Waals surface area (Å²) in [7, 11) is 1.35. The van der Waals surface area contributed by atoms with E-state index in [1.165, 1.54) is 7.11 Å². The Balaban J connectivity index is 1.34. The summed E-state index contributed by atoms with van der Waals surface area (Å²) in [5, 5.41) is 10.2. The van der Waals surface area contributed by atoms with Gasteiger partial charge >= 0.3 is 5.97 Å². The summed E-state index contributed by atoms with van der Waals surface area (Å²) in [5.74, 6) is 0.166. The van der Waals surface area contributed by atoms with Gasteiger partial charge in [0, 0.05) is 17.3 Å². The first-order chi connectivity index (χ1) is 15.7. The summed E-state index contributed by atoms with van der Waals surface area (Å²) in [6, 6.07) is 8.72. The van der Waals surface area contributed by atoms with Crippen LogP contribution in [0.4, 0.5) is 11.6 Å². The zero-order chi connectivity index (χ0) is 23.6. The fourth-order valence-electron chi connectivity index (χ4n) is 3.94. The Morgan fingerprint density at radius 2 is 1.88 bits per heavy atom. The number of benzene rings is 1. The smallest absolute Gasteiger partial charge is 0.337 e. The third kappa shape index (κ3) is 5.40. The first-order valence-corrected chi connectivity index (χ1v) is 11.2. The highest BCUT2D eigenvalue weighted by molar-refractivity contribution is 7.80. The largest absolute Gasteiger partial charge is 0.465 e. The number of anilines is 2. The lowest BCUT2D eigenvalue weighted by Crippen LogP contribution is -2.46. The monoisotopic (exact) mass is 471 g/mol. The van der Waals surface area contributed by atoms with Crippen molar-refractivity contribution in [3.8, 4) is 0 Å². The fraction of sp³-hybridized carbons (Fsp3) is 0.478. The molecule has 0 radical (unpaired) electrons. The van der Waals surface area contributed by atoms with E-state index in [0.29, 0.717) is 35.5 Å². The van der Waals surface area contributed by atoms with Gasteiger partial charge in [0.2, 0.25) is 5.95 Å². The molecule has 4 unspecified atom stereocenters. The summed E-state index contributed by atoms with van der Waals surface area (Å²) < 4.78 is 16.8. The highest BCUT2D eigenvalue weighted by atomic mass is 32.1. The van der Waals surface area contributed by atoms with Crippen LogP contribution in [0.5, 0.6) is 0 Å². The number of esters is 1. The Hall–Kier alpha value is -2.82. The number of carbonyl (C=O) groups excluding carboxylic acids is 1. The number of carbonyl (C=O) groups is 1. The van der Waals surface area contributed by atoms with Gasteiger partial charge in [0.15, 0.2) is 5.11 Å². The molecule has 10 heteroatoms. The van der Waals surface area contributed by atoms with Gasteiger partial charge < -0.3 is 30.2 Å². The molecule has 4 rings (SSSR count). The molecule has 2 aromatic rings. The lowest BCUT2D eigenvalue weighted by Gasteiger charge is -2.21. The normalized spacial score (nSPS) is 24.1. The molecule has 2 aliphatic rings. The molecule has 2 fully saturated rings. The first kappa shape index (κ1) is 23.3. The maximum atomic E-state index is 11.7. The van der Waals surface area contributed by atoms with Gasteiger partial charge in [-0.2, -0.15) is 0 Å². The molecule has 0 aliphatic carbocycles. The van der Waals surface area contributed by atoms with Crippen molar-refractivity contribution in [3.05, 3.63) is 47.8 Å². The third-order valence-electron chi connectivity index (χ3n) is 5.65. The first-order valence-electron chi connectivity index (χ1n) is 10.8. The highest BCUT2D eigenvalue weighted by Crippen LogP contribution is 2.29. The van der Waals surface area contributed by atoms with Gasteiger partial charge in [0.05, 0.1) is 43.7 Å². The van der Waals surface area contributed by atoms with E-state index < -0.39 is 5.97 Å². The van der Waals surface area contributed by atoms with Crippen molar-refractivity contribution in [2.75, 3.05) is 31.0 Å². The Morgan fingerprint density at radius 1 is 1.15 bits per heavy atom. The van der Waals surface area contributed by atoms with Crippen molar-refractivity contribution < 1.29 is 19.0 Å². The van der Waals surface area contributed by atoms with E-state index in [0.717, 1.165) is 5.69 Å². The van der Waals surface area contributed by atoms with Gasteiger partial charge in [-0.3, -0.25) is 0 Å². The van der Waals surface area contributed by atoms with Crippen molar-refractivity contribution >= 4 is 34.9 Å². The summed E-state index contributed by atoms with van der Waals surface area (Å²) in [6.07, 6.45) is 1.46. The van der Waals surface area contributed by atoms with Crippen molar-refractivity contribution in [2.24, 2.45) is 0 Å². The van der Waals surface area contributed by atoms with E-state index in [2.05, 4.69) is 46.7 Å². The van der Waals surface area contributed by atoms with Crippen molar-refractivity contribution in [3.63, 3.8) is 0 Å². The summed E-state index contributed by atoms with van der Waals surface area (Å²) in [4.78, 5) is 20.7. The van der Waals surface area contributed by atoms with Crippen molar-refractivity contribution in [2.45, 2.75) is 50.5 Å². The molecule has 9 nitrogen and oxygen atoms in total. The van der Waals surface area contributed by atoms with Crippen LogP contribution in [-0.2, 0) is 19.6 Å². The summed E-state index contributed by atoms with van der Waals surface area (Å²) in [5.41, 5.74) is 2.04. The number of thiocarbonyl (C=S) groups is 1. The molecule has 0 spiro atoms. The zero-order valence-corrected chi connectivity index (χ0v) is 19.9. The van der Waals surface area contributed by atoms with Crippen LogP contribution in [-0.4, -0.2) is 65.7 Å². The molecule has 3 heterocycles. The van der Waals surface area contributed by atoms with Crippen molar-refractivity contribution in [1.82, 2.24) is 15.3 Å². The maximum Gasteiger partial charge on any atom is 0.337 e. The zero-order valence-electron chi connectivity index (χ0n) is 19.1. The van der Waals surface area contributed by atoms with Gasteiger partial charge in [-0.25, -0.2) is 14.8 Å². The van der Waals surface area contributed by atoms with Crippen LogP contribution >= 0.6 is 12.2 Å². The van der Waals surface area contributed by atoms with Crippen LogP contribution in [0.2, 0.25) is 0 Å². The van der Waals surface area contributed by atoms with Gasteiger partial charge in [-0.05, 0) is 36.5 Å². The van der Waals surface area contributed by atoms with E-state index in [1.54, 1.807) is 24.4 Å². The Kier molecular flexibility index (Phi) is 6.78. The molecule has 2 saturated heterocycles. The van der Waals surface area contributed by atoms with Crippen LogP contribution in [0.3, 0.4) is 0 Å². The van der Waals surface area contributed by atoms with E-state index in [9.17, 15) is 4.79 Å². The predicted molar refractivity (Wildman–Crippen MR) is 129 cm³/mol. The molecule has 4 atom stereocenters. The second-order valence-electron chi connectivity index (χ2n) is 9.14. The van der Waals surface area contributed by atoms with Crippen molar-refractivity contribution in [1.29, 1.82) is 0 Å². The van der Waals surface area contributed by atoms with Crippen LogP contribution < -0.4 is 16.0 Å². The molecule has 176 valence electrons. The predicted octanol–water partition coefficient (Wildman–Crippen LogP) is 2.49. The van der Waals surface area contributed by atoms with E-state index in [4.69, 9.17) is 26.4 Å². The van der Waals surface area contributed by atoms with E-state index in [-0.39, 0.29) is 29.7 Å². The number of hydrogen-bond donors (Lipinski definition) is 3. The van der Waals surface area contributed by atoms with Gasteiger partial charge in [-0.1, -0.05) is 26.8 Å². The standard InChI is InChI=1S/C23H29N5O4S/c1-23(2,3)17-8-9-24-21(28-17)26-15-11-31-19-16(12-32-18(15)19)27-22(33)25-14-7-5-6-13(10-14)20(29)30-4/h5-10,15-16,18-19H,11-12H2,1-4H3,(H,24,26,28)(H2,25,27,33). The number of aromatic nitrogens is 2. The number of methoxy groups -OCH3 is 1. The third-order valence-corrected chi connectivity index (χ3v) is 5.87. The van der Waals surface area contributed by atoms with E-state index in [1.807, 2.05) is 12.1 Å². The lowest BCUT2D eigenvalue weighted by atomic mass is 9.92. The molecule has 33 heavy (non-hydrogen) atoms. The minimum absolute atomic E-state index is 0.0599. The number of nitrogens with zero attached hydrogens (tertiary/aromatic N) is 2. The van der Waals surface area contributed by atoms with Crippen LogP contribution in [0.15, 0.2) is 36.5 Å². The second kappa shape index (κ2) is 9.58. The summed E-state index contributed by atoms with van der Waals surface area (Å²) in [6.45, 7) is 7.30. The SMILES string of the molecule is COC(=O)c1cccc(NC(=S)NC2COC3C(Nc4nccc(C(C)(C)C)n4)COC23)c1. The molecule has 0 bridgehead atoms. The minimum atomic E-state index is -0.403. The number of hydrogen-bond acceptors (Lipinski definition) is 8. The molecule has 2 aliphatic heterocycles. The molecule has 0 saturated carbocycles. The number of nitrogens with one attached hydrogen (secondary N) is 3. The fourth-order valence-corrected chi connectivity index (χ4v) is 4.21. The maximum absolute atomic E-state index is 11.7. The molecular formula is C23H29N5O4S. The molecule has 1 aromatic heterocycles. The Labute approximate surface area is 198 Å². The van der Waals surface area contributed by atoms with Crippen LogP contribution in [0.25, 0.3) is 0 Å². The highest BCUT2D eigenvalue weighted by Gasteiger charge is 2.48. The number of rotatable bonds is 5. The number of ether oxygens (including phenoxy) is 3. The molecule has 1 aromatic carbocycles. The average molecular weight is 472 g/mol. The quantitative estimate of drug-likeness (QED) is 0.445. The van der Waals surface area contributed by atoms with Gasteiger partial charge in [0.25, 0.3) is 0 Å². The topological polar surface area (TPSA) is 107 Å². The lowest BCUT2D eigenvalue weighted by molar-refractivity contribution is 0.0601. The summed E-state index contributed by atoms with van der Waals surface area (Å²) >= 11 is 5.47. The van der Waals surface area contributed by atoms with E-state index >= 15 is 0 Å². The average Bonchev–Trinajstić information content (AvgIpc) is 3.36. The molecular weight excluding hydrogens is 442 g/mol. The van der Waals surface area contributed by atoms with Crippen LogP contribution in [0.1, 0.15) is 36.8 Å². The van der Waals surface area contributed by atoms with Crippen LogP contribution in [0, 0.1) is 0 Å². The Bertz CT molecular complexity index is 1030. The number of fused-ring (bicyclic) bond motifs is 1. The van der Waals surface area contributed by atoms with Gasteiger partial charge in [-0.15, -0.1) is 0 Å². The molecule has 0 amide bonds. The molecule has 3 N–H and O–H groups in total. The Morgan fingerprint density at radius 3 is 2.61 bits per heavy atom. The minimum Gasteiger partial charge on any atom is -0.465 e. The second-order valence-corrected chi connectivity index (χ2v) is 9.55. The van der Waals surface area contributed by atoms with Gasteiger partial charge in [0.1, 0.15) is 12.2 Å².